The molecule has 0 radical (unpaired) electrons. The minimum Gasteiger partial charge on any atom is -0.493 e. The molecule has 0 aliphatic carbocycles. The average molecular weight is 483 g/mol. The average Bonchev–Trinajstić information content (AvgIpc) is 2.92. The molecule has 1 aliphatic rings. The van der Waals surface area contributed by atoms with Gasteiger partial charge in [0.1, 0.15) is 0 Å². The van der Waals surface area contributed by atoms with Crippen molar-refractivity contribution < 1.29 is 14.3 Å². The number of nitrogens with one attached hydrogen (secondary N) is 1. The molecule has 184 valence electrons. The van der Waals surface area contributed by atoms with E-state index in [9.17, 15) is 4.79 Å². The Kier molecular flexibility index (Phi) is 6.73. The number of anilines is 2. The minimum atomic E-state index is -0.170. The maximum atomic E-state index is 13.7. The van der Waals surface area contributed by atoms with E-state index in [1.807, 2.05) is 66.7 Å². The standard InChI is InChI=1S/C29H30N4O3/c1-32-14-16-33(17-15-32)26-11-7-6-10-24(26)31-29(34)22-19-25(30-23-9-5-4-8-21(22)23)20-12-13-27(35-2)28(18-20)36-3/h4-13,18-19H,14-17H2,1-3H3,(H,31,34). The predicted octanol–water partition coefficient (Wildman–Crippen LogP) is 4.92. The zero-order valence-electron chi connectivity index (χ0n) is 20.8. The summed E-state index contributed by atoms with van der Waals surface area (Å²) in [5.74, 6) is 1.08. The largest absolute Gasteiger partial charge is 0.493 e. The molecule has 7 heteroatoms. The first-order valence-corrected chi connectivity index (χ1v) is 12.0. The van der Waals surface area contributed by atoms with Crippen LogP contribution in [0, 0.1) is 0 Å². The minimum absolute atomic E-state index is 0.170. The van der Waals surface area contributed by atoms with E-state index in [0.29, 0.717) is 22.8 Å². The lowest BCUT2D eigenvalue weighted by molar-refractivity contribution is 0.102. The fourth-order valence-corrected chi connectivity index (χ4v) is 4.60. The summed E-state index contributed by atoms with van der Waals surface area (Å²) >= 11 is 0. The van der Waals surface area contributed by atoms with Crippen molar-refractivity contribution in [3.63, 3.8) is 0 Å². The van der Waals surface area contributed by atoms with Gasteiger partial charge in [-0.3, -0.25) is 4.79 Å². The van der Waals surface area contributed by atoms with Crippen molar-refractivity contribution >= 4 is 28.2 Å². The number of fused-ring (bicyclic) bond motifs is 1. The first-order valence-electron chi connectivity index (χ1n) is 12.0. The highest BCUT2D eigenvalue weighted by molar-refractivity contribution is 6.14. The second-order valence-corrected chi connectivity index (χ2v) is 8.90. The van der Waals surface area contributed by atoms with Crippen molar-refractivity contribution in [1.29, 1.82) is 0 Å². The Morgan fingerprint density at radius 1 is 0.861 bits per heavy atom. The second kappa shape index (κ2) is 10.3. The molecule has 1 N–H and O–H groups in total. The Morgan fingerprint density at radius 2 is 1.58 bits per heavy atom. The van der Waals surface area contributed by atoms with Crippen LogP contribution in [0.5, 0.6) is 11.5 Å². The van der Waals surface area contributed by atoms with Gasteiger partial charge in [-0.15, -0.1) is 0 Å². The number of hydrogen-bond donors (Lipinski definition) is 1. The Bertz CT molecular complexity index is 1400. The number of piperazine rings is 1. The Hall–Kier alpha value is -4.10. The van der Waals surface area contributed by atoms with Gasteiger partial charge in [0.05, 0.1) is 42.4 Å². The molecular formula is C29H30N4O3. The number of para-hydroxylation sites is 3. The molecule has 2 heterocycles. The lowest BCUT2D eigenvalue weighted by Gasteiger charge is -2.35. The van der Waals surface area contributed by atoms with Crippen LogP contribution in [0.25, 0.3) is 22.2 Å². The summed E-state index contributed by atoms with van der Waals surface area (Å²) in [6.45, 7) is 3.83. The van der Waals surface area contributed by atoms with Crippen LogP contribution in [0.4, 0.5) is 11.4 Å². The summed E-state index contributed by atoms with van der Waals surface area (Å²) in [5, 5.41) is 3.98. The molecule has 0 atom stereocenters. The van der Waals surface area contributed by atoms with E-state index in [2.05, 4.69) is 28.2 Å². The number of ether oxygens (including phenoxy) is 2. The summed E-state index contributed by atoms with van der Waals surface area (Å²) in [7, 11) is 5.34. The summed E-state index contributed by atoms with van der Waals surface area (Å²) in [6, 6.07) is 23.2. The summed E-state index contributed by atoms with van der Waals surface area (Å²) in [6.07, 6.45) is 0. The number of carbonyl (C=O) groups excluding carboxylic acids is 1. The third-order valence-corrected chi connectivity index (χ3v) is 6.64. The van der Waals surface area contributed by atoms with Crippen LogP contribution in [-0.4, -0.2) is 63.2 Å². The number of rotatable bonds is 6. The smallest absolute Gasteiger partial charge is 0.256 e. The van der Waals surface area contributed by atoms with Crippen molar-refractivity contribution in [3.8, 4) is 22.8 Å². The maximum absolute atomic E-state index is 13.7. The summed E-state index contributed by atoms with van der Waals surface area (Å²) in [5.41, 5.74) is 4.69. The van der Waals surface area contributed by atoms with Crippen LogP contribution in [0.2, 0.25) is 0 Å². The molecular weight excluding hydrogens is 452 g/mol. The first kappa shape index (κ1) is 23.6. The van der Waals surface area contributed by atoms with Crippen LogP contribution in [-0.2, 0) is 0 Å². The van der Waals surface area contributed by atoms with E-state index in [0.717, 1.165) is 54.0 Å². The van der Waals surface area contributed by atoms with E-state index >= 15 is 0 Å². The molecule has 1 aromatic heterocycles. The summed E-state index contributed by atoms with van der Waals surface area (Å²) in [4.78, 5) is 23.2. The molecule has 5 rings (SSSR count). The van der Waals surface area contributed by atoms with Crippen LogP contribution in [0.15, 0.2) is 72.8 Å². The van der Waals surface area contributed by atoms with Gasteiger partial charge in [0.2, 0.25) is 0 Å². The number of nitrogens with zero attached hydrogens (tertiary/aromatic N) is 3. The molecule has 0 spiro atoms. The maximum Gasteiger partial charge on any atom is 0.256 e. The quantitative estimate of drug-likeness (QED) is 0.421. The number of amides is 1. The third-order valence-electron chi connectivity index (χ3n) is 6.64. The van der Waals surface area contributed by atoms with Gasteiger partial charge in [-0.1, -0.05) is 30.3 Å². The number of benzene rings is 3. The lowest BCUT2D eigenvalue weighted by atomic mass is 10.0. The molecule has 0 unspecified atom stereocenters. The highest BCUT2D eigenvalue weighted by Gasteiger charge is 2.20. The number of aromatic nitrogens is 1. The SMILES string of the molecule is COc1ccc(-c2cc(C(=O)Nc3ccccc3N3CCN(C)CC3)c3ccccc3n2)cc1OC. The van der Waals surface area contributed by atoms with Gasteiger partial charge in [-0.05, 0) is 49.5 Å². The number of hydrogen-bond acceptors (Lipinski definition) is 6. The Labute approximate surface area is 211 Å². The molecule has 7 nitrogen and oxygen atoms in total. The third kappa shape index (κ3) is 4.70. The predicted molar refractivity (Wildman–Crippen MR) is 144 cm³/mol. The van der Waals surface area contributed by atoms with E-state index in [-0.39, 0.29) is 5.91 Å². The number of pyridine rings is 1. The van der Waals surface area contributed by atoms with Crippen molar-refractivity contribution in [2.45, 2.75) is 0 Å². The molecule has 1 amide bonds. The molecule has 0 saturated carbocycles. The number of methoxy groups -OCH3 is 2. The van der Waals surface area contributed by atoms with Gasteiger partial charge in [0.25, 0.3) is 5.91 Å². The van der Waals surface area contributed by atoms with Crippen molar-refractivity contribution in [1.82, 2.24) is 9.88 Å². The van der Waals surface area contributed by atoms with Gasteiger partial charge in [-0.2, -0.15) is 0 Å². The molecule has 0 bridgehead atoms. The fraction of sp³-hybridized carbons (Fsp3) is 0.241. The van der Waals surface area contributed by atoms with E-state index in [1.54, 1.807) is 14.2 Å². The Balaban J connectivity index is 1.52. The summed E-state index contributed by atoms with van der Waals surface area (Å²) < 4.78 is 10.9. The first-order chi connectivity index (χ1) is 17.6. The molecule has 3 aromatic carbocycles. The van der Waals surface area contributed by atoms with Crippen LogP contribution in [0.1, 0.15) is 10.4 Å². The number of carbonyl (C=O) groups is 1. The molecule has 4 aromatic rings. The van der Waals surface area contributed by atoms with E-state index in [1.165, 1.54) is 0 Å². The van der Waals surface area contributed by atoms with Gasteiger partial charge in [0.15, 0.2) is 11.5 Å². The number of likely N-dealkylation sites (N-methyl/N-ethyl adjacent to an activating group) is 1. The van der Waals surface area contributed by atoms with Gasteiger partial charge in [0, 0.05) is 37.1 Å². The molecule has 1 fully saturated rings. The normalized spacial score (nSPS) is 14.0. The molecule has 1 aliphatic heterocycles. The van der Waals surface area contributed by atoms with Crippen LogP contribution in [0.3, 0.4) is 0 Å². The fourth-order valence-electron chi connectivity index (χ4n) is 4.60. The highest BCUT2D eigenvalue weighted by Crippen LogP contribution is 2.34. The topological polar surface area (TPSA) is 66.9 Å². The van der Waals surface area contributed by atoms with Crippen LogP contribution >= 0.6 is 0 Å². The zero-order valence-corrected chi connectivity index (χ0v) is 20.8. The monoisotopic (exact) mass is 482 g/mol. The lowest BCUT2D eigenvalue weighted by Crippen LogP contribution is -2.44. The zero-order chi connectivity index (χ0) is 25.1. The molecule has 1 saturated heterocycles. The highest BCUT2D eigenvalue weighted by atomic mass is 16.5. The van der Waals surface area contributed by atoms with Gasteiger partial charge in [-0.25, -0.2) is 4.98 Å². The van der Waals surface area contributed by atoms with Crippen LogP contribution < -0.4 is 19.7 Å². The van der Waals surface area contributed by atoms with E-state index in [4.69, 9.17) is 14.5 Å². The van der Waals surface area contributed by atoms with E-state index < -0.39 is 0 Å². The Morgan fingerprint density at radius 3 is 2.36 bits per heavy atom. The van der Waals surface area contributed by atoms with Gasteiger partial charge < -0.3 is 24.6 Å². The van der Waals surface area contributed by atoms with Crippen molar-refractivity contribution in [2.24, 2.45) is 0 Å². The second-order valence-electron chi connectivity index (χ2n) is 8.90. The van der Waals surface area contributed by atoms with Crippen molar-refractivity contribution in [2.75, 3.05) is 57.7 Å². The molecule has 36 heavy (non-hydrogen) atoms. The van der Waals surface area contributed by atoms with Crippen molar-refractivity contribution in [3.05, 3.63) is 78.4 Å². The van der Waals surface area contributed by atoms with Gasteiger partial charge >= 0.3 is 0 Å².